The Balaban J connectivity index is 1.76. The minimum absolute atomic E-state index is 0.156. The minimum atomic E-state index is 0.156. The highest BCUT2D eigenvalue weighted by molar-refractivity contribution is 5.92. The van der Waals surface area contributed by atoms with Crippen LogP contribution in [-0.4, -0.2) is 17.4 Å². The highest BCUT2D eigenvalue weighted by atomic mass is 16.1. The summed E-state index contributed by atoms with van der Waals surface area (Å²) in [5, 5.41) is 2.97. The number of nitrogens with two attached hydrogens (primary N) is 1. The Kier molecular flexibility index (Phi) is 5.33. The molecule has 104 valence electrons. The Morgan fingerprint density at radius 3 is 2.58 bits per heavy atom. The number of rotatable bonds is 5. The van der Waals surface area contributed by atoms with E-state index >= 15 is 0 Å². The zero-order valence-corrected chi connectivity index (χ0v) is 11.3. The topological polar surface area (TPSA) is 68.0 Å². The average molecular weight is 261 g/mol. The lowest BCUT2D eigenvalue weighted by Crippen LogP contribution is -2.27. The van der Waals surface area contributed by atoms with Gasteiger partial charge in [0.25, 0.3) is 0 Å². The third kappa shape index (κ3) is 4.31. The monoisotopic (exact) mass is 261 g/mol. The fourth-order valence-electron chi connectivity index (χ4n) is 2.80. The first kappa shape index (κ1) is 14.0. The van der Waals surface area contributed by atoms with Crippen molar-refractivity contribution in [3.8, 4) is 0 Å². The highest BCUT2D eigenvalue weighted by Crippen LogP contribution is 2.32. The minimum Gasteiger partial charge on any atom is -0.330 e. The molecule has 0 aliphatic heterocycles. The summed E-state index contributed by atoms with van der Waals surface area (Å²) >= 11 is 0. The van der Waals surface area contributed by atoms with Gasteiger partial charge in [-0.05, 0) is 63.1 Å². The van der Waals surface area contributed by atoms with E-state index in [0.717, 1.165) is 50.3 Å². The molecule has 19 heavy (non-hydrogen) atoms. The molecule has 1 aromatic rings. The van der Waals surface area contributed by atoms with Crippen LogP contribution in [0.3, 0.4) is 0 Å². The van der Waals surface area contributed by atoms with E-state index in [2.05, 4.69) is 10.3 Å². The molecule has 3 N–H and O–H groups in total. The molecule has 1 heterocycles. The van der Waals surface area contributed by atoms with Crippen LogP contribution < -0.4 is 11.1 Å². The summed E-state index contributed by atoms with van der Waals surface area (Å²) < 4.78 is 0. The lowest BCUT2D eigenvalue weighted by Gasteiger charge is -2.27. The average Bonchev–Trinajstić information content (AvgIpc) is 2.46. The molecule has 1 saturated carbocycles. The summed E-state index contributed by atoms with van der Waals surface area (Å²) in [5.41, 5.74) is 6.38. The standard InChI is InChI=1S/C15H23N3O/c16-9-1-2-12-3-5-13(6-4-12)15(19)18-14-7-10-17-11-8-14/h7-8,10-13H,1-6,9,16H2,(H,17,18,19). The van der Waals surface area contributed by atoms with Crippen molar-refractivity contribution in [2.45, 2.75) is 38.5 Å². The van der Waals surface area contributed by atoms with Crippen molar-refractivity contribution in [1.82, 2.24) is 4.98 Å². The fraction of sp³-hybridized carbons (Fsp3) is 0.600. The van der Waals surface area contributed by atoms with E-state index in [4.69, 9.17) is 5.73 Å². The summed E-state index contributed by atoms with van der Waals surface area (Å²) in [7, 11) is 0. The Bertz CT molecular complexity index is 386. The predicted octanol–water partition coefficient (Wildman–Crippen LogP) is 2.57. The van der Waals surface area contributed by atoms with Gasteiger partial charge in [-0.15, -0.1) is 0 Å². The molecule has 4 heteroatoms. The second-order valence-corrected chi connectivity index (χ2v) is 5.37. The van der Waals surface area contributed by atoms with Gasteiger partial charge >= 0.3 is 0 Å². The number of carbonyl (C=O) groups is 1. The van der Waals surface area contributed by atoms with Gasteiger partial charge < -0.3 is 11.1 Å². The van der Waals surface area contributed by atoms with Gasteiger partial charge in [-0.1, -0.05) is 0 Å². The zero-order valence-electron chi connectivity index (χ0n) is 11.3. The first-order chi connectivity index (χ1) is 9.29. The van der Waals surface area contributed by atoms with Crippen molar-refractivity contribution in [2.24, 2.45) is 17.6 Å². The van der Waals surface area contributed by atoms with E-state index in [1.54, 1.807) is 12.4 Å². The van der Waals surface area contributed by atoms with Crippen LogP contribution in [0.4, 0.5) is 5.69 Å². The first-order valence-electron chi connectivity index (χ1n) is 7.20. The number of pyridine rings is 1. The van der Waals surface area contributed by atoms with Crippen LogP contribution in [0, 0.1) is 11.8 Å². The van der Waals surface area contributed by atoms with Crippen molar-refractivity contribution in [3.05, 3.63) is 24.5 Å². The van der Waals surface area contributed by atoms with E-state index in [-0.39, 0.29) is 11.8 Å². The van der Waals surface area contributed by atoms with Gasteiger partial charge in [0.05, 0.1) is 0 Å². The van der Waals surface area contributed by atoms with Crippen LogP contribution in [0.5, 0.6) is 0 Å². The van der Waals surface area contributed by atoms with Crippen LogP contribution >= 0.6 is 0 Å². The van der Waals surface area contributed by atoms with E-state index in [0.29, 0.717) is 0 Å². The lowest BCUT2D eigenvalue weighted by molar-refractivity contribution is -0.121. The maximum atomic E-state index is 12.1. The molecule has 1 aromatic heterocycles. The molecule has 1 aliphatic carbocycles. The third-order valence-electron chi connectivity index (χ3n) is 3.98. The Labute approximate surface area is 114 Å². The van der Waals surface area contributed by atoms with Gasteiger partial charge in [0.2, 0.25) is 5.91 Å². The molecule has 1 fully saturated rings. The van der Waals surface area contributed by atoms with Gasteiger partial charge in [0.15, 0.2) is 0 Å². The molecule has 1 amide bonds. The van der Waals surface area contributed by atoms with E-state index in [1.807, 2.05) is 12.1 Å². The number of amides is 1. The number of aromatic nitrogens is 1. The number of carbonyl (C=O) groups excluding carboxylic acids is 1. The highest BCUT2D eigenvalue weighted by Gasteiger charge is 2.25. The van der Waals surface area contributed by atoms with Crippen molar-refractivity contribution < 1.29 is 4.79 Å². The molecule has 0 bridgehead atoms. The molecule has 0 saturated heterocycles. The van der Waals surface area contributed by atoms with Gasteiger partial charge in [0.1, 0.15) is 0 Å². The maximum Gasteiger partial charge on any atom is 0.227 e. The van der Waals surface area contributed by atoms with Gasteiger partial charge in [-0.3, -0.25) is 9.78 Å². The number of anilines is 1. The molecule has 4 nitrogen and oxygen atoms in total. The van der Waals surface area contributed by atoms with Crippen molar-refractivity contribution in [2.75, 3.05) is 11.9 Å². The smallest absolute Gasteiger partial charge is 0.227 e. The SMILES string of the molecule is NCCCC1CCC(C(=O)Nc2ccncc2)CC1. The molecule has 0 atom stereocenters. The van der Waals surface area contributed by atoms with Gasteiger partial charge in [-0.25, -0.2) is 0 Å². The van der Waals surface area contributed by atoms with Crippen LogP contribution in [0.25, 0.3) is 0 Å². The van der Waals surface area contributed by atoms with Gasteiger partial charge in [-0.2, -0.15) is 0 Å². The van der Waals surface area contributed by atoms with Crippen molar-refractivity contribution >= 4 is 11.6 Å². The largest absolute Gasteiger partial charge is 0.330 e. The van der Waals surface area contributed by atoms with E-state index in [9.17, 15) is 4.79 Å². The molecular weight excluding hydrogens is 238 g/mol. The fourth-order valence-corrected chi connectivity index (χ4v) is 2.80. The predicted molar refractivity (Wildman–Crippen MR) is 76.6 cm³/mol. The second kappa shape index (κ2) is 7.24. The third-order valence-corrected chi connectivity index (χ3v) is 3.98. The zero-order chi connectivity index (χ0) is 13.5. The van der Waals surface area contributed by atoms with Crippen LogP contribution in [-0.2, 0) is 4.79 Å². The normalized spacial score (nSPS) is 23.0. The maximum absolute atomic E-state index is 12.1. The molecule has 0 spiro atoms. The van der Waals surface area contributed by atoms with Crippen molar-refractivity contribution in [3.63, 3.8) is 0 Å². The molecule has 2 rings (SSSR count). The van der Waals surface area contributed by atoms with E-state index in [1.165, 1.54) is 6.42 Å². The summed E-state index contributed by atoms with van der Waals surface area (Å²) in [5.74, 6) is 1.10. The molecular formula is C15H23N3O. The number of nitrogens with zero attached hydrogens (tertiary/aromatic N) is 1. The quantitative estimate of drug-likeness (QED) is 0.856. The summed E-state index contributed by atoms with van der Waals surface area (Å²) in [4.78, 5) is 16.1. The lowest BCUT2D eigenvalue weighted by atomic mass is 9.79. The summed E-state index contributed by atoms with van der Waals surface area (Å²) in [6, 6.07) is 3.65. The van der Waals surface area contributed by atoms with Crippen LogP contribution in [0.15, 0.2) is 24.5 Å². The number of hydrogen-bond donors (Lipinski definition) is 2. The second-order valence-electron chi connectivity index (χ2n) is 5.37. The Hall–Kier alpha value is -1.42. The molecule has 0 unspecified atom stereocenters. The van der Waals surface area contributed by atoms with Gasteiger partial charge in [0, 0.05) is 24.0 Å². The van der Waals surface area contributed by atoms with Crippen LogP contribution in [0.2, 0.25) is 0 Å². The summed E-state index contributed by atoms with van der Waals surface area (Å²) in [6.07, 6.45) is 10.0. The number of nitrogens with one attached hydrogen (secondary N) is 1. The van der Waals surface area contributed by atoms with Crippen LogP contribution in [0.1, 0.15) is 38.5 Å². The van der Waals surface area contributed by atoms with E-state index < -0.39 is 0 Å². The number of hydrogen-bond acceptors (Lipinski definition) is 3. The summed E-state index contributed by atoms with van der Waals surface area (Å²) in [6.45, 7) is 0.780. The molecule has 1 aliphatic rings. The molecule has 0 aromatic carbocycles. The Morgan fingerprint density at radius 2 is 1.95 bits per heavy atom. The Morgan fingerprint density at radius 1 is 1.26 bits per heavy atom. The first-order valence-corrected chi connectivity index (χ1v) is 7.20. The molecule has 0 radical (unpaired) electrons. The van der Waals surface area contributed by atoms with Crippen molar-refractivity contribution in [1.29, 1.82) is 0 Å².